The maximum absolute atomic E-state index is 13.5. The second-order valence-corrected chi connectivity index (χ2v) is 5.06. The number of benzene rings is 1. The molecule has 94 valence electrons. The molecule has 0 aliphatic carbocycles. The first-order valence-electron chi connectivity index (χ1n) is 5.71. The fourth-order valence-corrected chi connectivity index (χ4v) is 2.12. The first-order valence-corrected chi connectivity index (χ1v) is 6.50. The molecule has 1 aromatic carbocycles. The van der Waals surface area contributed by atoms with Crippen molar-refractivity contribution in [3.63, 3.8) is 0 Å². The van der Waals surface area contributed by atoms with Crippen LogP contribution < -0.4 is 5.32 Å². The lowest BCUT2D eigenvalue weighted by Crippen LogP contribution is -2.14. The molecule has 0 radical (unpaired) electrons. The van der Waals surface area contributed by atoms with Crippen LogP contribution in [0.3, 0.4) is 0 Å². The van der Waals surface area contributed by atoms with Gasteiger partial charge in [0.2, 0.25) is 0 Å². The van der Waals surface area contributed by atoms with Crippen molar-refractivity contribution in [1.82, 2.24) is 10.3 Å². The van der Waals surface area contributed by atoms with Gasteiger partial charge in [-0.3, -0.25) is 4.98 Å². The van der Waals surface area contributed by atoms with Crippen LogP contribution in [0.2, 0.25) is 0 Å². The molecule has 1 heterocycles. The van der Waals surface area contributed by atoms with Gasteiger partial charge < -0.3 is 5.32 Å². The molecule has 0 unspecified atom stereocenters. The molecule has 1 aromatic heterocycles. The number of aromatic nitrogens is 1. The number of rotatable bonds is 4. The molecule has 0 aliphatic heterocycles. The van der Waals surface area contributed by atoms with Crippen molar-refractivity contribution in [2.24, 2.45) is 0 Å². The van der Waals surface area contributed by atoms with Gasteiger partial charge in [-0.25, -0.2) is 4.39 Å². The Balaban J connectivity index is 1.96. The zero-order valence-corrected chi connectivity index (χ0v) is 11.7. The predicted molar refractivity (Wildman–Crippen MR) is 73.6 cm³/mol. The third-order valence-electron chi connectivity index (χ3n) is 2.78. The molecule has 4 heteroatoms. The summed E-state index contributed by atoms with van der Waals surface area (Å²) in [5.41, 5.74) is 2.98. The van der Waals surface area contributed by atoms with Gasteiger partial charge in [-0.2, -0.15) is 0 Å². The zero-order chi connectivity index (χ0) is 13.0. The molecule has 2 nitrogen and oxygen atoms in total. The Morgan fingerprint density at radius 3 is 2.78 bits per heavy atom. The van der Waals surface area contributed by atoms with Gasteiger partial charge in [0.25, 0.3) is 0 Å². The largest absolute Gasteiger partial charge is 0.308 e. The smallest absolute Gasteiger partial charge is 0.127 e. The van der Waals surface area contributed by atoms with Gasteiger partial charge >= 0.3 is 0 Å². The molecule has 0 amide bonds. The third kappa shape index (κ3) is 3.37. The Hall–Kier alpha value is -1.26. The Morgan fingerprint density at radius 1 is 1.22 bits per heavy atom. The fraction of sp³-hybridized carbons (Fsp3) is 0.214. The highest BCUT2D eigenvalue weighted by Crippen LogP contribution is 2.15. The summed E-state index contributed by atoms with van der Waals surface area (Å²) < 4.78 is 14.4. The lowest BCUT2D eigenvalue weighted by atomic mass is 10.1. The summed E-state index contributed by atoms with van der Waals surface area (Å²) in [5.74, 6) is -0.183. The van der Waals surface area contributed by atoms with Crippen LogP contribution >= 0.6 is 15.9 Å². The lowest BCUT2D eigenvalue weighted by Gasteiger charge is -2.08. The van der Waals surface area contributed by atoms with Crippen molar-refractivity contribution in [2.75, 3.05) is 0 Å². The summed E-state index contributed by atoms with van der Waals surface area (Å²) in [6.07, 6.45) is 3.60. The standard InChI is InChI=1S/C14H14BrFN2/c1-10-7-17-5-4-11(10)8-18-9-12-6-13(15)2-3-14(12)16/h2-7,18H,8-9H2,1H3. The molecule has 0 bridgehead atoms. The van der Waals surface area contributed by atoms with E-state index in [-0.39, 0.29) is 5.82 Å². The SMILES string of the molecule is Cc1cnccc1CNCc1cc(Br)ccc1F. The molecule has 0 fully saturated rings. The van der Waals surface area contributed by atoms with E-state index in [0.29, 0.717) is 18.7 Å². The minimum Gasteiger partial charge on any atom is -0.308 e. The molecule has 2 rings (SSSR count). The Bertz CT molecular complexity index is 543. The van der Waals surface area contributed by atoms with Crippen molar-refractivity contribution in [1.29, 1.82) is 0 Å². The molecular weight excluding hydrogens is 295 g/mol. The van der Waals surface area contributed by atoms with E-state index in [9.17, 15) is 4.39 Å². The lowest BCUT2D eigenvalue weighted by molar-refractivity contribution is 0.587. The molecule has 1 N–H and O–H groups in total. The Morgan fingerprint density at radius 2 is 2.00 bits per heavy atom. The number of pyridine rings is 1. The van der Waals surface area contributed by atoms with E-state index in [0.717, 1.165) is 10.0 Å². The molecular formula is C14H14BrFN2. The average molecular weight is 309 g/mol. The predicted octanol–water partition coefficient (Wildman–Crippen LogP) is 3.58. The second kappa shape index (κ2) is 6.07. The van der Waals surface area contributed by atoms with Crippen LogP contribution in [0.5, 0.6) is 0 Å². The number of hydrogen-bond acceptors (Lipinski definition) is 2. The van der Waals surface area contributed by atoms with E-state index in [2.05, 4.69) is 26.2 Å². The van der Waals surface area contributed by atoms with Crippen molar-refractivity contribution in [3.05, 3.63) is 63.6 Å². The minimum atomic E-state index is -0.183. The summed E-state index contributed by atoms with van der Waals surface area (Å²) in [6, 6.07) is 6.94. The maximum Gasteiger partial charge on any atom is 0.127 e. The summed E-state index contributed by atoms with van der Waals surface area (Å²) >= 11 is 3.34. The number of halogens is 2. The van der Waals surface area contributed by atoms with Gasteiger partial charge in [-0.05, 0) is 42.3 Å². The van der Waals surface area contributed by atoms with Crippen LogP contribution in [0.4, 0.5) is 4.39 Å². The molecule has 0 atom stereocenters. The van der Waals surface area contributed by atoms with Crippen LogP contribution in [0.15, 0.2) is 41.1 Å². The van der Waals surface area contributed by atoms with E-state index in [1.807, 2.05) is 19.2 Å². The quantitative estimate of drug-likeness (QED) is 0.934. The van der Waals surface area contributed by atoms with Crippen molar-refractivity contribution < 1.29 is 4.39 Å². The minimum absolute atomic E-state index is 0.183. The maximum atomic E-state index is 13.5. The van der Waals surface area contributed by atoms with Crippen LogP contribution in [0.1, 0.15) is 16.7 Å². The van der Waals surface area contributed by atoms with Gasteiger partial charge in [-0.15, -0.1) is 0 Å². The molecule has 0 aliphatic rings. The summed E-state index contributed by atoms with van der Waals surface area (Å²) in [7, 11) is 0. The first-order chi connectivity index (χ1) is 8.66. The van der Waals surface area contributed by atoms with Gasteiger partial charge in [0.05, 0.1) is 0 Å². The number of hydrogen-bond donors (Lipinski definition) is 1. The molecule has 0 saturated carbocycles. The monoisotopic (exact) mass is 308 g/mol. The van der Waals surface area contributed by atoms with Crippen LogP contribution in [0.25, 0.3) is 0 Å². The van der Waals surface area contributed by atoms with E-state index in [4.69, 9.17) is 0 Å². The highest BCUT2D eigenvalue weighted by Gasteiger charge is 2.03. The van der Waals surface area contributed by atoms with Crippen LogP contribution in [-0.2, 0) is 13.1 Å². The van der Waals surface area contributed by atoms with E-state index >= 15 is 0 Å². The molecule has 0 spiro atoms. The summed E-state index contributed by atoms with van der Waals surface area (Å²) in [4.78, 5) is 4.04. The van der Waals surface area contributed by atoms with Crippen molar-refractivity contribution >= 4 is 15.9 Å². The number of nitrogens with zero attached hydrogens (tertiary/aromatic N) is 1. The molecule has 0 saturated heterocycles. The van der Waals surface area contributed by atoms with Crippen molar-refractivity contribution in [3.8, 4) is 0 Å². The van der Waals surface area contributed by atoms with E-state index in [1.165, 1.54) is 11.6 Å². The first kappa shape index (κ1) is 13.2. The van der Waals surface area contributed by atoms with E-state index < -0.39 is 0 Å². The fourth-order valence-electron chi connectivity index (χ4n) is 1.71. The Kier molecular flexibility index (Phi) is 4.44. The summed E-state index contributed by atoms with van der Waals surface area (Å²) in [5, 5.41) is 3.24. The second-order valence-electron chi connectivity index (χ2n) is 4.14. The van der Waals surface area contributed by atoms with Crippen LogP contribution in [-0.4, -0.2) is 4.98 Å². The third-order valence-corrected chi connectivity index (χ3v) is 3.27. The van der Waals surface area contributed by atoms with Gasteiger partial charge in [-0.1, -0.05) is 15.9 Å². The Labute approximate surface area is 114 Å². The summed E-state index contributed by atoms with van der Waals surface area (Å²) in [6.45, 7) is 3.23. The van der Waals surface area contributed by atoms with Crippen molar-refractivity contribution in [2.45, 2.75) is 20.0 Å². The molecule has 18 heavy (non-hydrogen) atoms. The van der Waals surface area contributed by atoms with Gasteiger partial charge in [0.1, 0.15) is 5.82 Å². The zero-order valence-electron chi connectivity index (χ0n) is 10.1. The normalized spacial score (nSPS) is 10.6. The highest BCUT2D eigenvalue weighted by atomic mass is 79.9. The number of aryl methyl sites for hydroxylation is 1. The van der Waals surface area contributed by atoms with Crippen LogP contribution in [0, 0.1) is 12.7 Å². The average Bonchev–Trinajstić information content (AvgIpc) is 2.36. The molecule has 2 aromatic rings. The van der Waals surface area contributed by atoms with Gasteiger partial charge in [0.15, 0.2) is 0 Å². The topological polar surface area (TPSA) is 24.9 Å². The highest BCUT2D eigenvalue weighted by molar-refractivity contribution is 9.10. The van der Waals surface area contributed by atoms with E-state index in [1.54, 1.807) is 18.3 Å². The van der Waals surface area contributed by atoms with Gasteiger partial charge in [0, 0.05) is 35.5 Å². The number of nitrogens with one attached hydrogen (secondary N) is 1.